The maximum atomic E-state index is 10.6. The molecule has 0 aliphatic rings. The van der Waals surface area contributed by atoms with Gasteiger partial charge in [0.2, 0.25) is 5.91 Å². The van der Waals surface area contributed by atoms with Crippen molar-refractivity contribution in [3.63, 3.8) is 0 Å². The molecule has 0 spiro atoms. The molecule has 0 saturated carbocycles. The van der Waals surface area contributed by atoms with E-state index in [0.717, 1.165) is 0 Å². The number of hydrogen-bond donors (Lipinski definition) is 1. The van der Waals surface area contributed by atoms with E-state index in [1.54, 1.807) is 19.0 Å². The average molecular weight is 215 g/mol. The molecule has 0 saturated heterocycles. The lowest BCUT2D eigenvalue weighted by Crippen LogP contribution is -2.21. The van der Waals surface area contributed by atoms with Crippen molar-refractivity contribution in [2.75, 3.05) is 14.1 Å². The van der Waals surface area contributed by atoms with Crippen LogP contribution in [0.5, 0.6) is 0 Å². The third kappa shape index (κ3) is 8.82. The highest BCUT2D eigenvalue weighted by molar-refractivity contribution is 5.75. The monoisotopic (exact) mass is 215 g/mol. The highest BCUT2D eigenvalue weighted by atomic mass is 19.4. The molecule has 0 atom stereocenters. The Bertz CT molecular complexity index is 199. The normalized spacial score (nSPS) is 9.86. The Kier molecular flexibility index (Phi) is 6.76. The Morgan fingerprint density at radius 2 is 1.57 bits per heavy atom. The van der Waals surface area contributed by atoms with Gasteiger partial charge < -0.3 is 10.0 Å². The van der Waals surface area contributed by atoms with E-state index in [9.17, 15) is 18.0 Å². The van der Waals surface area contributed by atoms with Gasteiger partial charge in [0, 0.05) is 20.5 Å². The van der Waals surface area contributed by atoms with E-state index in [1.807, 2.05) is 6.92 Å². The first-order valence-corrected chi connectivity index (χ1v) is 3.63. The van der Waals surface area contributed by atoms with Gasteiger partial charge in [-0.3, -0.25) is 4.79 Å². The predicted molar refractivity (Wildman–Crippen MR) is 42.7 cm³/mol. The molecule has 0 aromatic heterocycles. The SMILES string of the molecule is CCC(=O)N(C)C.O=C(O)C(F)(F)F. The minimum Gasteiger partial charge on any atom is -0.475 e. The Hall–Kier alpha value is -1.27. The number of carboxylic acid groups (broad SMARTS) is 1. The summed E-state index contributed by atoms with van der Waals surface area (Å²) < 4.78 is 31.7. The number of amides is 1. The van der Waals surface area contributed by atoms with Crippen molar-refractivity contribution in [1.82, 2.24) is 4.90 Å². The fourth-order valence-electron chi connectivity index (χ4n) is 0.316. The van der Waals surface area contributed by atoms with Crippen LogP contribution in [0.4, 0.5) is 13.2 Å². The lowest BCUT2D eigenvalue weighted by Gasteiger charge is -2.05. The Morgan fingerprint density at radius 3 is 1.57 bits per heavy atom. The van der Waals surface area contributed by atoms with Crippen molar-refractivity contribution in [3.05, 3.63) is 0 Å². The smallest absolute Gasteiger partial charge is 0.475 e. The topological polar surface area (TPSA) is 57.6 Å². The first kappa shape index (κ1) is 15.2. The van der Waals surface area contributed by atoms with Crippen molar-refractivity contribution < 1.29 is 27.9 Å². The van der Waals surface area contributed by atoms with Crippen LogP contribution in [0.2, 0.25) is 0 Å². The summed E-state index contributed by atoms with van der Waals surface area (Å²) in [6.07, 6.45) is -4.48. The highest BCUT2D eigenvalue weighted by Crippen LogP contribution is 2.13. The van der Waals surface area contributed by atoms with Crippen LogP contribution >= 0.6 is 0 Å². The van der Waals surface area contributed by atoms with Crippen LogP contribution < -0.4 is 0 Å². The largest absolute Gasteiger partial charge is 0.490 e. The van der Waals surface area contributed by atoms with Crippen molar-refractivity contribution in [2.45, 2.75) is 19.5 Å². The molecule has 1 N–H and O–H groups in total. The zero-order valence-electron chi connectivity index (χ0n) is 8.05. The van der Waals surface area contributed by atoms with E-state index in [4.69, 9.17) is 9.90 Å². The molecule has 0 radical (unpaired) electrons. The lowest BCUT2D eigenvalue weighted by molar-refractivity contribution is -0.192. The Morgan fingerprint density at radius 1 is 1.29 bits per heavy atom. The maximum Gasteiger partial charge on any atom is 0.490 e. The zero-order valence-corrected chi connectivity index (χ0v) is 8.05. The van der Waals surface area contributed by atoms with Crippen LogP contribution in [0.15, 0.2) is 0 Å². The number of carbonyl (C=O) groups is 2. The minimum absolute atomic E-state index is 0.181. The van der Waals surface area contributed by atoms with Crippen LogP contribution in [0.3, 0.4) is 0 Å². The van der Waals surface area contributed by atoms with Crippen LogP contribution in [0.1, 0.15) is 13.3 Å². The number of alkyl halides is 3. The first-order chi connectivity index (χ1) is 6.12. The highest BCUT2D eigenvalue weighted by Gasteiger charge is 2.38. The molecule has 84 valence electrons. The van der Waals surface area contributed by atoms with E-state index < -0.39 is 12.1 Å². The van der Waals surface area contributed by atoms with E-state index in [0.29, 0.717) is 6.42 Å². The van der Waals surface area contributed by atoms with Gasteiger partial charge in [0.1, 0.15) is 0 Å². The first-order valence-electron chi connectivity index (χ1n) is 3.63. The number of nitrogens with zero attached hydrogens (tertiary/aromatic N) is 1. The zero-order chi connectivity index (χ0) is 11.9. The quantitative estimate of drug-likeness (QED) is 0.713. The molecule has 0 fully saturated rings. The van der Waals surface area contributed by atoms with Gasteiger partial charge in [0.25, 0.3) is 0 Å². The summed E-state index contributed by atoms with van der Waals surface area (Å²) in [5.74, 6) is -2.58. The van der Waals surface area contributed by atoms with Crippen LogP contribution in [0.25, 0.3) is 0 Å². The molecule has 1 amide bonds. The number of hydrogen-bond acceptors (Lipinski definition) is 2. The van der Waals surface area contributed by atoms with E-state index in [1.165, 1.54) is 0 Å². The van der Waals surface area contributed by atoms with Gasteiger partial charge in [-0.2, -0.15) is 13.2 Å². The van der Waals surface area contributed by atoms with E-state index >= 15 is 0 Å². The second-order valence-corrected chi connectivity index (χ2v) is 2.44. The Labute approximate surface area is 79.3 Å². The van der Waals surface area contributed by atoms with Crippen LogP contribution in [-0.4, -0.2) is 42.2 Å². The predicted octanol–water partition coefficient (Wildman–Crippen LogP) is 1.12. The molecule has 4 nitrogen and oxygen atoms in total. The number of carboxylic acids is 1. The molecule has 7 heteroatoms. The van der Waals surface area contributed by atoms with Crippen LogP contribution in [0, 0.1) is 0 Å². The molecule has 14 heavy (non-hydrogen) atoms. The number of carbonyl (C=O) groups excluding carboxylic acids is 1. The molecule has 0 unspecified atom stereocenters. The molecular formula is C7H12F3NO3. The molecular weight excluding hydrogens is 203 g/mol. The third-order valence-corrected chi connectivity index (χ3v) is 1.04. The molecule has 0 bridgehead atoms. The lowest BCUT2D eigenvalue weighted by atomic mass is 10.4. The van der Waals surface area contributed by atoms with Crippen LogP contribution in [-0.2, 0) is 9.59 Å². The van der Waals surface area contributed by atoms with Gasteiger partial charge in [0.15, 0.2) is 0 Å². The maximum absolute atomic E-state index is 10.6. The summed E-state index contributed by atoms with van der Waals surface area (Å²) in [4.78, 5) is 20.9. The Balaban J connectivity index is 0. The summed E-state index contributed by atoms with van der Waals surface area (Å²) in [5, 5.41) is 7.12. The third-order valence-electron chi connectivity index (χ3n) is 1.04. The number of aliphatic carboxylic acids is 1. The molecule has 0 rings (SSSR count). The summed E-state index contributed by atoms with van der Waals surface area (Å²) in [5.41, 5.74) is 0. The second-order valence-electron chi connectivity index (χ2n) is 2.44. The summed E-state index contributed by atoms with van der Waals surface area (Å²) >= 11 is 0. The fourth-order valence-corrected chi connectivity index (χ4v) is 0.316. The van der Waals surface area contributed by atoms with Gasteiger partial charge in [-0.05, 0) is 0 Å². The molecule has 0 aromatic rings. The van der Waals surface area contributed by atoms with Crippen molar-refractivity contribution >= 4 is 11.9 Å². The van der Waals surface area contributed by atoms with Crippen molar-refractivity contribution in [1.29, 1.82) is 0 Å². The van der Waals surface area contributed by atoms with Gasteiger partial charge >= 0.3 is 12.1 Å². The van der Waals surface area contributed by atoms with Gasteiger partial charge in [-0.15, -0.1) is 0 Å². The molecule has 0 aliphatic carbocycles. The van der Waals surface area contributed by atoms with Gasteiger partial charge in [-0.25, -0.2) is 4.79 Å². The number of rotatable bonds is 1. The standard InChI is InChI=1S/C5H11NO.C2HF3O2/c1-4-5(7)6(2)3;3-2(4,5)1(6)7/h4H2,1-3H3;(H,6,7). The van der Waals surface area contributed by atoms with E-state index in [-0.39, 0.29) is 5.91 Å². The van der Waals surface area contributed by atoms with Crippen molar-refractivity contribution in [3.8, 4) is 0 Å². The summed E-state index contributed by atoms with van der Waals surface area (Å²) in [7, 11) is 3.51. The second kappa shape index (κ2) is 6.22. The molecule has 0 aromatic carbocycles. The van der Waals surface area contributed by atoms with Gasteiger partial charge in [-0.1, -0.05) is 6.92 Å². The average Bonchev–Trinajstić information content (AvgIpc) is 2.02. The minimum atomic E-state index is -5.08. The fraction of sp³-hybridized carbons (Fsp3) is 0.714. The van der Waals surface area contributed by atoms with Gasteiger partial charge in [0.05, 0.1) is 0 Å². The van der Waals surface area contributed by atoms with E-state index in [2.05, 4.69) is 0 Å². The summed E-state index contributed by atoms with van der Waals surface area (Å²) in [6.45, 7) is 1.85. The molecule has 0 aliphatic heterocycles. The number of halogens is 3. The molecule has 0 heterocycles. The summed E-state index contributed by atoms with van der Waals surface area (Å²) in [6, 6.07) is 0. The van der Waals surface area contributed by atoms with Crippen molar-refractivity contribution in [2.24, 2.45) is 0 Å².